The average molecular weight is 364 g/mol. The summed E-state index contributed by atoms with van der Waals surface area (Å²) in [5, 5.41) is 2.93. The number of benzene rings is 2. The van der Waals surface area contributed by atoms with E-state index in [1.807, 2.05) is 60.8 Å². The summed E-state index contributed by atoms with van der Waals surface area (Å²) in [6, 6.07) is 19.3. The van der Waals surface area contributed by atoms with Gasteiger partial charge in [0, 0.05) is 40.7 Å². The Morgan fingerprint density at radius 3 is 2.62 bits per heavy atom. The van der Waals surface area contributed by atoms with Gasteiger partial charge in [0.1, 0.15) is 5.75 Å². The number of carbonyl (C=O) groups excluding carboxylic acids is 1. The van der Waals surface area contributed by atoms with E-state index in [9.17, 15) is 4.79 Å². The van der Waals surface area contributed by atoms with Crippen LogP contribution in [0.15, 0.2) is 78.0 Å². The van der Waals surface area contributed by atoms with Crippen LogP contribution in [-0.4, -0.2) is 18.0 Å². The van der Waals surface area contributed by atoms with Gasteiger partial charge in [-0.3, -0.25) is 9.78 Å². The van der Waals surface area contributed by atoms with Gasteiger partial charge in [0.25, 0.3) is 5.91 Å². The van der Waals surface area contributed by atoms with Crippen molar-refractivity contribution in [1.82, 2.24) is 10.3 Å². The summed E-state index contributed by atoms with van der Waals surface area (Å²) in [5.74, 6) is 1.53. The normalized spacial score (nSPS) is 10.3. The average Bonchev–Trinajstić information content (AvgIpc) is 2.72. The van der Waals surface area contributed by atoms with E-state index in [-0.39, 0.29) is 5.91 Å². The van der Waals surface area contributed by atoms with Gasteiger partial charge in [-0.2, -0.15) is 0 Å². The summed E-state index contributed by atoms with van der Waals surface area (Å²) in [4.78, 5) is 17.6. The van der Waals surface area contributed by atoms with Gasteiger partial charge in [-0.15, -0.1) is 11.8 Å². The van der Waals surface area contributed by atoms with E-state index in [2.05, 4.69) is 16.4 Å². The second kappa shape index (κ2) is 9.06. The molecule has 5 heteroatoms. The first-order valence-electron chi connectivity index (χ1n) is 8.28. The Bertz CT molecular complexity index is 851. The molecule has 3 aromatic rings. The summed E-state index contributed by atoms with van der Waals surface area (Å²) in [7, 11) is 1.63. The third kappa shape index (κ3) is 4.86. The van der Waals surface area contributed by atoms with Gasteiger partial charge in [-0.1, -0.05) is 24.3 Å². The summed E-state index contributed by atoms with van der Waals surface area (Å²) >= 11 is 1.72. The molecule has 0 unspecified atom stereocenters. The molecule has 0 aliphatic rings. The Kier molecular flexibility index (Phi) is 6.28. The number of thioether (sulfide) groups is 1. The predicted molar refractivity (Wildman–Crippen MR) is 104 cm³/mol. The molecule has 26 heavy (non-hydrogen) atoms. The minimum absolute atomic E-state index is 0.0975. The topological polar surface area (TPSA) is 51.2 Å². The third-order valence-corrected chi connectivity index (χ3v) is 4.96. The molecular formula is C21H20N2O2S. The second-order valence-corrected chi connectivity index (χ2v) is 6.72. The van der Waals surface area contributed by atoms with Crippen LogP contribution in [-0.2, 0) is 12.3 Å². The van der Waals surface area contributed by atoms with Gasteiger partial charge in [0.2, 0.25) is 0 Å². The molecule has 2 aromatic carbocycles. The Hall–Kier alpha value is -2.79. The Morgan fingerprint density at radius 2 is 1.88 bits per heavy atom. The van der Waals surface area contributed by atoms with E-state index >= 15 is 0 Å². The maximum atomic E-state index is 12.3. The third-order valence-electron chi connectivity index (χ3n) is 3.88. The summed E-state index contributed by atoms with van der Waals surface area (Å²) < 4.78 is 5.30. The van der Waals surface area contributed by atoms with Crippen molar-refractivity contribution in [3.63, 3.8) is 0 Å². The van der Waals surface area contributed by atoms with Gasteiger partial charge in [-0.05, 0) is 42.0 Å². The number of ether oxygens (including phenoxy) is 1. The van der Waals surface area contributed by atoms with Crippen LogP contribution >= 0.6 is 11.8 Å². The van der Waals surface area contributed by atoms with Crippen LogP contribution in [0.3, 0.4) is 0 Å². The molecule has 0 fully saturated rings. The van der Waals surface area contributed by atoms with Crippen molar-refractivity contribution < 1.29 is 9.53 Å². The molecular weight excluding hydrogens is 344 g/mol. The summed E-state index contributed by atoms with van der Waals surface area (Å²) in [6.45, 7) is 0.431. The zero-order valence-corrected chi connectivity index (χ0v) is 15.3. The number of carbonyl (C=O) groups is 1. The number of hydrogen-bond donors (Lipinski definition) is 1. The molecule has 4 nitrogen and oxygen atoms in total. The number of aromatic nitrogens is 1. The van der Waals surface area contributed by atoms with E-state index < -0.39 is 0 Å². The molecule has 1 amide bonds. The molecule has 132 valence electrons. The van der Waals surface area contributed by atoms with Crippen LogP contribution in [0.1, 0.15) is 21.5 Å². The Labute approximate surface area is 157 Å². The molecule has 3 rings (SSSR count). The van der Waals surface area contributed by atoms with E-state index in [0.29, 0.717) is 12.1 Å². The lowest BCUT2D eigenvalue weighted by molar-refractivity contribution is 0.0950. The Morgan fingerprint density at radius 1 is 1.08 bits per heavy atom. The number of amides is 1. The fourth-order valence-electron chi connectivity index (χ4n) is 2.48. The highest BCUT2D eigenvalue weighted by Gasteiger charge is 2.07. The van der Waals surface area contributed by atoms with Crippen LogP contribution in [0.2, 0.25) is 0 Å². The number of nitrogens with one attached hydrogen (secondary N) is 1. The largest absolute Gasteiger partial charge is 0.496 e. The van der Waals surface area contributed by atoms with E-state index in [1.54, 1.807) is 25.1 Å². The van der Waals surface area contributed by atoms with Crippen molar-refractivity contribution in [2.45, 2.75) is 17.2 Å². The zero-order chi connectivity index (χ0) is 18.2. The lowest BCUT2D eigenvalue weighted by Gasteiger charge is -2.10. The molecule has 0 spiro atoms. The maximum Gasteiger partial charge on any atom is 0.251 e. The molecule has 0 saturated heterocycles. The van der Waals surface area contributed by atoms with Gasteiger partial charge in [-0.25, -0.2) is 0 Å². The van der Waals surface area contributed by atoms with Crippen molar-refractivity contribution in [3.05, 3.63) is 89.7 Å². The first-order valence-corrected chi connectivity index (χ1v) is 9.26. The summed E-state index contributed by atoms with van der Waals surface area (Å²) in [5.41, 5.74) is 2.77. The predicted octanol–water partition coefficient (Wildman–Crippen LogP) is 4.31. The van der Waals surface area contributed by atoms with Crippen LogP contribution in [0.5, 0.6) is 5.75 Å². The first kappa shape index (κ1) is 18.0. The van der Waals surface area contributed by atoms with Gasteiger partial charge < -0.3 is 10.1 Å². The highest BCUT2D eigenvalue weighted by Crippen LogP contribution is 2.23. The number of hydrogen-bond acceptors (Lipinski definition) is 4. The lowest BCUT2D eigenvalue weighted by atomic mass is 10.2. The van der Waals surface area contributed by atoms with Crippen molar-refractivity contribution in [2.75, 3.05) is 7.11 Å². The molecule has 1 heterocycles. The smallest absolute Gasteiger partial charge is 0.251 e. The van der Waals surface area contributed by atoms with Crippen LogP contribution in [0.25, 0.3) is 0 Å². The lowest BCUT2D eigenvalue weighted by Crippen LogP contribution is -2.22. The van der Waals surface area contributed by atoms with Crippen molar-refractivity contribution >= 4 is 17.7 Å². The molecule has 1 N–H and O–H groups in total. The van der Waals surface area contributed by atoms with Crippen molar-refractivity contribution in [1.29, 1.82) is 0 Å². The monoisotopic (exact) mass is 364 g/mol. The maximum absolute atomic E-state index is 12.3. The van der Waals surface area contributed by atoms with Gasteiger partial charge in [0.05, 0.1) is 7.11 Å². The van der Waals surface area contributed by atoms with E-state index in [0.717, 1.165) is 22.0 Å². The molecule has 0 radical (unpaired) electrons. The molecule has 0 saturated carbocycles. The molecule has 0 aliphatic heterocycles. The number of methoxy groups -OCH3 is 1. The van der Waals surface area contributed by atoms with E-state index in [1.165, 1.54) is 5.56 Å². The van der Waals surface area contributed by atoms with Crippen LogP contribution in [0, 0.1) is 0 Å². The zero-order valence-electron chi connectivity index (χ0n) is 14.5. The van der Waals surface area contributed by atoms with Gasteiger partial charge in [0.15, 0.2) is 0 Å². The fourth-order valence-corrected chi connectivity index (χ4v) is 3.31. The fraction of sp³-hybridized carbons (Fsp3) is 0.143. The minimum atomic E-state index is -0.0975. The molecule has 0 atom stereocenters. The first-order chi connectivity index (χ1) is 12.8. The molecule has 1 aromatic heterocycles. The number of pyridine rings is 1. The second-order valence-electron chi connectivity index (χ2n) is 5.67. The molecule has 0 bridgehead atoms. The number of para-hydroxylation sites is 1. The van der Waals surface area contributed by atoms with Crippen molar-refractivity contribution in [3.8, 4) is 5.75 Å². The van der Waals surface area contributed by atoms with Crippen LogP contribution in [0.4, 0.5) is 0 Å². The highest BCUT2D eigenvalue weighted by atomic mass is 32.2. The number of rotatable bonds is 7. The molecule has 0 aliphatic carbocycles. The number of nitrogens with zero attached hydrogens (tertiary/aromatic N) is 1. The standard InChI is InChI=1S/C21H20N2O2S/c1-25-20-7-3-2-6-18(20)14-23-21(24)17-8-10-19(11-9-17)26-15-16-5-4-12-22-13-16/h2-13H,14-15H2,1H3,(H,23,24). The van der Waals surface area contributed by atoms with Gasteiger partial charge >= 0.3 is 0 Å². The van der Waals surface area contributed by atoms with E-state index in [4.69, 9.17) is 4.74 Å². The highest BCUT2D eigenvalue weighted by molar-refractivity contribution is 7.98. The quantitative estimate of drug-likeness (QED) is 0.635. The SMILES string of the molecule is COc1ccccc1CNC(=O)c1ccc(SCc2cccnc2)cc1. The van der Waals surface area contributed by atoms with Crippen LogP contribution < -0.4 is 10.1 Å². The minimum Gasteiger partial charge on any atom is -0.496 e. The summed E-state index contributed by atoms with van der Waals surface area (Å²) in [6.07, 6.45) is 3.64. The Balaban J connectivity index is 1.55. The van der Waals surface area contributed by atoms with Crippen molar-refractivity contribution in [2.24, 2.45) is 0 Å².